The number of nitrogens with zero attached hydrogens (tertiary/aromatic N) is 2. The van der Waals surface area contributed by atoms with Gasteiger partial charge in [-0.2, -0.15) is 0 Å². The van der Waals surface area contributed by atoms with Crippen LogP contribution < -0.4 is 0 Å². The Labute approximate surface area is 141 Å². The van der Waals surface area contributed by atoms with Crippen LogP contribution in [0.25, 0.3) is 0 Å². The first kappa shape index (κ1) is 14.9. The second-order valence-corrected chi connectivity index (χ2v) is 7.64. The largest absolute Gasteiger partial charge is 0.333 e. The summed E-state index contributed by atoms with van der Waals surface area (Å²) in [4.78, 5) is 19.6. The van der Waals surface area contributed by atoms with E-state index in [0.717, 1.165) is 30.8 Å². The summed E-state index contributed by atoms with van der Waals surface area (Å²) in [5.41, 5.74) is 2.66. The van der Waals surface area contributed by atoms with Crippen LogP contribution in [-0.4, -0.2) is 22.3 Å². The van der Waals surface area contributed by atoms with Gasteiger partial charge in [0.25, 0.3) is 0 Å². The first-order valence-corrected chi connectivity index (χ1v) is 9.39. The SMILES string of the molecule is Cc1ccccc1C1CC1C(=O)N1CCCCC1c1nccs1. The van der Waals surface area contributed by atoms with E-state index in [0.29, 0.717) is 11.8 Å². The summed E-state index contributed by atoms with van der Waals surface area (Å²) in [6, 6.07) is 8.69. The Bertz CT molecular complexity index is 697. The molecule has 120 valence electrons. The predicted octanol–water partition coefficient (Wildman–Crippen LogP) is 4.31. The number of carbonyl (C=O) groups is 1. The van der Waals surface area contributed by atoms with E-state index in [1.807, 2.05) is 11.6 Å². The number of thiazole rings is 1. The molecule has 23 heavy (non-hydrogen) atoms. The van der Waals surface area contributed by atoms with Crippen LogP contribution in [0.5, 0.6) is 0 Å². The molecule has 2 aliphatic rings. The zero-order valence-electron chi connectivity index (χ0n) is 13.4. The van der Waals surface area contributed by atoms with E-state index < -0.39 is 0 Å². The molecule has 1 aliphatic heterocycles. The van der Waals surface area contributed by atoms with Crippen LogP contribution in [0.3, 0.4) is 0 Å². The van der Waals surface area contributed by atoms with Crippen LogP contribution in [0, 0.1) is 12.8 Å². The van der Waals surface area contributed by atoms with E-state index in [2.05, 4.69) is 41.1 Å². The number of amides is 1. The minimum atomic E-state index is 0.177. The van der Waals surface area contributed by atoms with E-state index in [-0.39, 0.29) is 12.0 Å². The highest BCUT2D eigenvalue weighted by molar-refractivity contribution is 7.09. The number of likely N-dealkylation sites (tertiary alicyclic amines) is 1. The summed E-state index contributed by atoms with van der Waals surface area (Å²) in [6.07, 6.45) is 6.23. The van der Waals surface area contributed by atoms with Gasteiger partial charge in [0.1, 0.15) is 5.01 Å². The molecule has 3 unspecified atom stereocenters. The van der Waals surface area contributed by atoms with Crippen LogP contribution >= 0.6 is 11.3 Å². The Balaban J connectivity index is 1.51. The molecule has 1 saturated carbocycles. The van der Waals surface area contributed by atoms with Crippen molar-refractivity contribution in [3.63, 3.8) is 0 Å². The third-order valence-electron chi connectivity index (χ3n) is 5.22. The maximum Gasteiger partial charge on any atom is 0.226 e. The molecule has 1 aliphatic carbocycles. The van der Waals surface area contributed by atoms with Crippen molar-refractivity contribution in [3.05, 3.63) is 52.0 Å². The summed E-state index contributed by atoms with van der Waals surface area (Å²) in [6.45, 7) is 3.04. The fraction of sp³-hybridized carbons (Fsp3) is 0.474. The second kappa shape index (κ2) is 6.08. The Hall–Kier alpha value is -1.68. The standard InChI is InChI=1S/C19H22N2OS/c1-13-6-2-3-7-14(13)15-12-16(15)19(22)21-10-5-4-8-17(21)18-20-9-11-23-18/h2-3,6-7,9,11,15-17H,4-5,8,10,12H2,1H3. The zero-order valence-corrected chi connectivity index (χ0v) is 14.3. The quantitative estimate of drug-likeness (QED) is 0.842. The number of hydrogen-bond acceptors (Lipinski definition) is 3. The molecule has 1 amide bonds. The minimum Gasteiger partial charge on any atom is -0.333 e. The molecule has 4 heteroatoms. The maximum atomic E-state index is 13.1. The first-order valence-electron chi connectivity index (χ1n) is 8.51. The Kier molecular flexibility index (Phi) is 3.93. The van der Waals surface area contributed by atoms with Crippen LogP contribution in [0.15, 0.2) is 35.8 Å². The number of aromatic nitrogens is 1. The van der Waals surface area contributed by atoms with E-state index in [4.69, 9.17) is 0 Å². The highest BCUT2D eigenvalue weighted by Gasteiger charge is 2.47. The van der Waals surface area contributed by atoms with Gasteiger partial charge in [-0.05, 0) is 49.7 Å². The molecule has 2 aromatic rings. The van der Waals surface area contributed by atoms with Crippen LogP contribution in [-0.2, 0) is 4.79 Å². The number of carbonyl (C=O) groups excluding carboxylic acids is 1. The van der Waals surface area contributed by atoms with Gasteiger partial charge in [0, 0.05) is 24.0 Å². The third kappa shape index (κ3) is 2.80. The molecular weight excluding hydrogens is 304 g/mol. The van der Waals surface area contributed by atoms with E-state index in [1.165, 1.54) is 17.5 Å². The predicted molar refractivity (Wildman–Crippen MR) is 92.4 cm³/mol. The molecule has 1 aromatic heterocycles. The number of aryl methyl sites for hydroxylation is 1. The van der Waals surface area contributed by atoms with Gasteiger partial charge in [-0.1, -0.05) is 24.3 Å². The summed E-state index contributed by atoms with van der Waals surface area (Å²) >= 11 is 1.68. The van der Waals surface area contributed by atoms with Crippen LogP contribution in [0.4, 0.5) is 0 Å². The molecular formula is C19H22N2OS. The van der Waals surface area contributed by atoms with Gasteiger partial charge in [-0.3, -0.25) is 4.79 Å². The molecule has 1 aromatic carbocycles. The smallest absolute Gasteiger partial charge is 0.226 e. The average Bonchev–Trinajstić information content (AvgIpc) is 3.18. The molecule has 2 fully saturated rings. The second-order valence-electron chi connectivity index (χ2n) is 6.72. The van der Waals surface area contributed by atoms with Gasteiger partial charge in [0.15, 0.2) is 0 Å². The summed E-state index contributed by atoms with van der Waals surface area (Å²) in [5, 5.41) is 3.12. The van der Waals surface area contributed by atoms with Crippen molar-refractivity contribution in [2.24, 2.45) is 5.92 Å². The topological polar surface area (TPSA) is 33.2 Å². The summed E-state index contributed by atoms with van der Waals surface area (Å²) in [5.74, 6) is 0.942. The zero-order chi connectivity index (χ0) is 15.8. The molecule has 0 spiro atoms. The molecule has 0 radical (unpaired) electrons. The lowest BCUT2D eigenvalue weighted by atomic mass is 10.00. The Morgan fingerprint density at radius 3 is 2.96 bits per heavy atom. The molecule has 0 bridgehead atoms. The number of benzene rings is 1. The third-order valence-corrected chi connectivity index (χ3v) is 6.09. The van der Waals surface area contributed by atoms with Gasteiger partial charge in [0.05, 0.1) is 6.04 Å². The highest BCUT2D eigenvalue weighted by atomic mass is 32.1. The van der Waals surface area contributed by atoms with Crippen molar-refractivity contribution in [3.8, 4) is 0 Å². The summed E-state index contributed by atoms with van der Waals surface area (Å²) in [7, 11) is 0. The van der Waals surface area contributed by atoms with E-state index in [9.17, 15) is 4.79 Å². The van der Waals surface area contributed by atoms with Gasteiger partial charge in [-0.25, -0.2) is 4.98 Å². The lowest BCUT2D eigenvalue weighted by molar-refractivity contribution is -0.136. The fourth-order valence-electron chi connectivity index (χ4n) is 3.88. The van der Waals surface area contributed by atoms with Gasteiger partial charge >= 0.3 is 0 Å². The van der Waals surface area contributed by atoms with Crippen molar-refractivity contribution >= 4 is 17.2 Å². The maximum absolute atomic E-state index is 13.1. The normalized spacial score (nSPS) is 27.0. The Morgan fingerprint density at radius 2 is 2.17 bits per heavy atom. The molecule has 4 rings (SSSR count). The van der Waals surface area contributed by atoms with Gasteiger partial charge in [0.2, 0.25) is 5.91 Å². The summed E-state index contributed by atoms with van der Waals surface area (Å²) < 4.78 is 0. The average molecular weight is 326 g/mol. The van der Waals surface area contributed by atoms with E-state index >= 15 is 0 Å². The van der Waals surface area contributed by atoms with Gasteiger partial charge in [-0.15, -0.1) is 11.3 Å². The van der Waals surface area contributed by atoms with Crippen molar-refractivity contribution in [2.75, 3.05) is 6.54 Å². The van der Waals surface area contributed by atoms with Crippen molar-refractivity contribution in [1.29, 1.82) is 0 Å². The monoisotopic (exact) mass is 326 g/mol. The van der Waals surface area contributed by atoms with Crippen LogP contribution in [0.2, 0.25) is 0 Å². The molecule has 2 heterocycles. The van der Waals surface area contributed by atoms with Crippen molar-refractivity contribution in [2.45, 2.75) is 44.6 Å². The highest BCUT2D eigenvalue weighted by Crippen LogP contribution is 2.50. The number of hydrogen-bond donors (Lipinski definition) is 0. The fourth-order valence-corrected chi connectivity index (χ4v) is 4.66. The van der Waals surface area contributed by atoms with E-state index in [1.54, 1.807) is 11.3 Å². The Morgan fingerprint density at radius 1 is 1.30 bits per heavy atom. The molecule has 1 saturated heterocycles. The number of rotatable bonds is 3. The lowest BCUT2D eigenvalue weighted by Gasteiger charge is -2.35. The van der Waals surface area contributed by atoms with Crippen LogP contribution in [0.1, 0.15) is 53.8 Å². The minimum absolute atomic E-state index is 0.177. The number of piperidine rings is 1. The van der Waals surface area contributed by atoms with Crippen molar-refractivity contribution < 1.29 is 4.79 Å². The molecule has 0 N–H and O–H groups in total. The first-order chi connectivity index (χ1) is 11.3. The molecule has 3 nitrogen and oxygen atoms in total. The lowest BCUT2D eigenvalue weighted by Crippen LogP contribution is -2.39. The van der Waals surface area contributed by atoms with Crippen molar-refractivity contribution in [1.82, 2.24) is 9.88 Å². The molecule has 3 atom stereocenters. The van der Waals surface area contributed by atoms with Gasteiger partial charge < -0.3 is 4.90 Å².